The average molecular weight is 241 g/mol. The quantitative estimate of drug-likeness (QED) is 0.469. The van der Waals surface area contributed by atoms with Crippen molar-refractivity contribution >= 4 is 17.7 Å². The Hall–Kier alpha value is -3.01. The van der Waals surface area contributed by atoms with Crippen molar-refractivity contribution in [2.45, 2.75) is 0 Å². The Kier molecular flexibility index (Phi) is 2.85. The van der Waals surface area contributed by atoms with Gasteiger partial charge in [-0.1, -0.05) is 23.7 Å². The lowest BCUT2D eigenvalue weighted by atomic mass is 10.2. The zero-order chi connectivity index (χ0) is 13.1. The van der Waals surface area contributed by atoms with Crippen molar-refractivity contribution in [3.05, 3.63) is 58.2 Å². The molecule has 18 heavy (non-hydrogen) atoms. The fraction of sp³-hybridized carbons (Fsp3) is 0. The van der Waals surface area contributed by atoms with Crippen LogP contribution in [-0.2, 0) is 0 Å². The molecule has 7 heteroatoms. The molecule has 2 rings (SSSR count). The number of rotatable bonds is 3. The molecule has 0 spiro atoms. The summed E-state index contributed by atoms with van der Waals surface area (Å²) in [4.78, 5) is 16.7. The summed E-state index contributed by atoms with van der Waals surface area (Å²) in [5, 5.41) is 14.2. The van der Waals surface area contributed by atoms with Crippen LogP contribution >= 0.6 is 0 Å². The topological polar surface area (TPSA) is 78.2 Å². The predicted octanol–water partition coefficient (Wildman–Crippen LogP) is 2.37. The molecule has 0 radical (unpaired) electrons. The van der Waals surface area contributed by atoms with E-state index in [4.69, 9.17) is 6.57 Å². The second-order valence-electron chi connectivity index (χ2n) is 3.31. The summed E-state index contributed by atoms with van der Waals surface area (Å²) in [5.41, 5.74) is 1.56. The van der Waals surface area contributed by atoms with Crippen molar-refractivity contribution in [2.75, 3.05) is 0 Å². The van der Waals surface area contributed by atoms with Gasteiger partial charge in [0.05, 0.1) is 12.3 Å². The summed E-state index contributed by atoms with van der Waals surface area (Å²) in [7, 11) is 0. The summed E-state index contributed by atoms with van der Waals surface area (Å²) in [6.45, 7) is 10.7. The van der Waals surface area contributed by atoms with E-state index in [1.807, 2.05) is 0 Å². The van der Waals surface area contributed by atoms with E-state index in [2.05, 4.69) is 21.5 Å². The highest BCUT2D eigenvalue weighted by molar-refractivity contribution is 5.67. The van der Waals surface area contributed by atoms with Crippen molar-refractivity contribution in [3.63, 3.8) is 0 Å². The summed E-state index contributed by atoms with van der Waals surface area (Å²) < 4.78 is 1.21. The van der Waals surface area contributed by atoms with Crippen LogP contribution in [0.15, 0.2) is 31.1 Å². The number of nitro groups is 1. The molecular weight excluding hydrogens is 234 g/mol. The molecule has 0 aliphatic heterocycles. The van der Waals surface area contributed by atoms with Gasteiger partial charge >= 0.3 is 5.95 Å². The lowest BCUT2D eigenvalue weighted by molar-refractivity contribution is -0.394. The molecular formula is C11H7N5O2. The van der Waals surface area contributed by atoms with Gasteiger partial charge in [-0.2, -0.15) is 4.68 Å². The Bertz CT molecular complexity index is 668. The molecule has 7 nitrogen and oxygen atoms in total. The first kappa shape index (κ1) is 11.5. The lowest BCUT2D eigenvalue weighted by Crippen LogP contribution is -1.97. The van der Waals surface area contributed by atoms with Gasteiger partial charge in [0, 0.05) is 5.10 Å². The maximum absolute atomic E-state index is 10.5. The van der Waals surface area contributed by atoms with Gasteiger partial charge in [0.15, 0.2) is 0 Å². The van der Waals surface area contributed by atoms with E-state index in [0.717, 1.165) is 5.56 Å². The second-order valence-corrected chi connectivity index (χ2v) is 3.31. The summed E-state index contributed by atoms with van der Waals surface area (Å²) >= 11 is 0. The van der Waals surface area contributed by atoms with Crippen LogP contribution in [0.25, 0.3) is 16.6 Å². The molecule has 0 N–H and O–H groups in total. The largest absolute Gasteiger partial charge is 0.491 e. The van der Waals surface area contributed by atoms with E-state index in [1.165, 1.54) is 11.0 Å². The minimum atomic E-state index is -0.688. The third-order valence-corrected chi connectivity index (χ3v) is 2.25. The highest BCUT2D eigenvalue weighted by Crippen LogP contribution is 2.25. The van der Waals surface area contributed by atoms with Gasteiger partial charge in [0.1, 0.15) is 0 Å². The third-order valence-electron chi connectivity index (χ3n) is 2.25. The molecule has 0 amide bonds. The fourth-order valence-corrected chi connectivity index (χ4v) is 1.40. The van der Waals surface area contributed by atoms with E-state index in [1.54, 1.807) is 24.3 Å². The van der Waals surface area contributed by atoms with Crippen LogP contribution in [0.1, 0.15) is 5.56 Å². The van der Waals surface area contributed by atoms with Crippen LogP contribution in [0.5, 0.6) is 0 Å². The van der Waals surface area contributed by atoms with Crippen molar-refractivity contribution in [2.24, 2.45) is 0 Å². The van der Waals surface area contributed by atoms with E-state index in [0.29, 0.717) is 11.4 Å². The zero-order valence-electron chi connectivity index (χ0n) is 9.15. The van der Waals surface area contributed by atoms with Gasteiger partial charge in [-0.15, -0.1) is 0 Å². The van der Waals surface area contributed by atoms with Crippen molar-refractivity contribution in [3.8, 4) is 5.69 Å². The molecule has 0 aliphatic rings. The molecule has 0 unspecified atom stereocenters. The Morgan fingerprint density at radius 2 is 2.33 bits per heavy atom. The molecule has 0 aliphatic carbocycles. The van der Waals surface area contributed by atoms with Crippen molar-refractivity contribution < 1.29 is 4.92 Å². The van der Waals surface area contributed by atoms with Crippen LogP contribution in [-0.4, -0.2) is 19.7 Å². The first-order valence-corrected chi connectivity index (χ1v) is 4.86. The highest BCUT2D eigenvalue weighted by Gasteiger charge is 2.16. The molecule has 0 atom stereocenters. The van der Waals surface area contributed by atoms with E-state index in [-0.39, 0.29) is 0 Å². The minimum absolute atomic E-state index is 0.326. The van der Waals surface area contributed by atoms with Gasteiger partial charge in [0.25, 0.3) is 0 Å². The van der Waals surface area contributed by atoms with Gasteiger partial charge in [-0.3, -0.25) is 0 Å². The smallest absolute Gasteiger partial charge is 0.390 e. The van der Waals surface area contributed by atoms with Crippen LogP contribution in [0.4, 0.5) is 11.6 Å². The number of aromatic nitrogens is 3. The first-order valence-electron chi connectivity index (χ1n) is 4.86. The molecule has 0 saturated heterocycles. The zero-order valence-corrected chi connectivity index (χ0v) is 9.15. The third kappa shape index (κ3) is 1.94. The molecule has 1 heterocycles. The molecule has 1 aromatic carbocycles. The lowest BCUT2D eigenvalue weighted by Gasteiger charge is -2.01. The molecule has 88 valence electrons. The fourth-order valence-electron chi connectivity index (χ4n) is 1.40. The molecule has 2 aromatic rings. The number of benzene rings is 1. The maximum atomic E-state index is 10.5. The Morgan fingerprint density at radius 1 is 1.56 bits per heavy atom. The Morgan fingerprint density at radius 3 is 2.89 bits per heavy atom. The SMILES string of the molecule is [C-]#[N+]c1cc(C=C)ccc1-n1cnc([N+](=O)[O-])n1. The van der Waals surface area contributed by atoms with Gasteiger partial charge in [-0.25, -0.2) is 4.85 Å². The first-order chi connectivity index (χ1) is 8.65. The summed E-state index contributed by atoms with van der Waals surface area (Å²) in [6.07, 6.45) is 2.82. The number of nitrogens with zero attached hydrogens (tertiary/aromatic N) is 5. The number of hydrogen-bond donors (Lipinski definition) is 0. The van der Waals surface area contributed by atoms with E-state index >= 15 is 0 Å². The summed E-state index contributed by atoms with van der Waals surface area (Å²) in [6, 6.07) is 5.01. The van der Waals surface area contributed by atoms with E-state index in [9.17, 15) is 10.1 Å². The van der Waals surface area contributed by atoms with Crippen molar-refractivity contribution in [1.29, 1.82) is 0 Å². The van der Waals surface area contributed by atoms with Crippen LogP contribution in [0.2, 0.25) is 0 Å². The maximum Gasteiger partial charge on any atom is 0.491 e. The summed E-state index contributed by atoms with van der Waals surface area (Å²) in [5.74, 6) is -0.501. The Labute approximate surface area is 102 Å². The van der Waals surface area contributed by atoms with Crippen molar-refractivity contribution in [1.82, 2.24) is 14.8 Å². The predicted molar refractivity (Wildman–Crippen MR) is 64.4 cm³/mol. The average Bonchev–Trinajstić information content (AvgIpc) is 2.87. The second kappa shape index (κ2) is 4.47. The highest BCUT2D eigenvalue weighted by atomic mass is 16.6. The van der Waals surface area contributed by atoms with Crippen LogP contribution < -0.4 is 0 Å². The van der Waals surface area contributed by atoms with Gasteiger partial charge in [-0.05, 0) is 22.6 Å². The van der Waals surface area contributed by atoms with E-state index < -0.39 is 10.9 Å². The number of hydrogen-bond acceptors (Lipinski definition) is 4. The van der Waals surface area contributed by atoms with Crippen LogP contribution in [0.3, 0.4) is 0 Å². The molecule has 0 bridgehead atoms. The standard InChI is InChI=1S/C11H7N5O2/c1-3-8-4-5-10(9(6-8)12-2)15-7-13-11(14-15)16(17)18/h3-7H,1H2. The van der Waals surface area contributed by atoms with Crippen LogP contribution in [0, 0.1) is 16.7 Å². The Balaban J connectivity index is 2.53. The monoisotopic (exact) mass is 241 g/mol. The minimum Gasteiger partial charge on any atom is -0.390 e. The molecule has 1 aromatic heterocycles. The van der Waals surface area contributed by atoms with Gasteiger partial charge < -0.3 is 10.1 Å². The molecule has 0 saturated carbocycles. The molecule has 0 fully saturated rings. The normalized spacial score (nSPS) is 9.72. The van der Waals surface area contributed by atoms with Gasteiger partial charge in [0.2, 0.25) is 12.0 Å².